The van der Waals surface area contributed by atoms with Crippen LogP contribution in [0.25, 0.3) is 11.4 Å². The van der Waals surface area contributed by atoms with Crippen LogP contribution < -0.4 is 10.1 Å². The topological polar surface area (TPSA) is 84.5 Å². The van der Waals surface area contributed by atoms with Crippen LogP contribution in [0.1, 0.15) is 12.1 Å². The van der Waals surface area contributed by atoms with Crippen molar-refractivity contribution < 1.29 is 9.47 Å². The molecule has 2 N–H and O–H groups in total. The predicted octanol–water partition coefficient (Wildman–Crippen LogP) is 2.44. The maximum atomic E-state index is 7.35. The van der Waals surface area contributed by atoms with Crippen LogP contribution in [0.4, 0.5) is 0 Å². The second kappa shape index (κ2) is 6.97. The van der Waals surface area contributed by atoms with E-state index in [0.717, 1.165) is 46.7 Å². The molecular formula is C17H18BrN5O2. The van der Waals surface area contributed by atoms with Crippen LogP contribution in [-0.4, -0.2) is 47.6 Å². The lowest BCUT2D eigenvalue weighted by Crippen LogP contribution is -2.36. The number of imidazole rings is 1. The van der Waals surface area contributed by atoms with Crippen LogP contribution in [0.3, 0.4) is 0 Å². The normalized spacial score (nSPS) is 19.6. The average molecular weight is 404 g/mol. The largest absolute Gasteiger partial charge is 0.491 e. The molecule has 2 aromatic rings. The Morgan fingerprint density at radius 2 is 2.36 bits per heavy atom. The summed E-state index contributed by atoms with van der Waals surface area (Å²) >= 11 is 3.48. The van der Waals surface area contributed by atoms with Crippen molar-refractivity contribution in [2.45, 2.75) is 19.0 Å². The average Bonchev–Trinajstić information content (AvgIpc) is 3.22. The Bertz CT molecular complexity index is 826. The van der Waals surface area contributed by atoms with Crippen LogP contribution in [0.2, 0.25) is 0 Å². The quantitative estimate of drug-likeness (QED) is 0.608. The second-order valence-corrected chi connectivity index (χ2v) is 6.86. The summed E-state index contributed by atoms with van der Waals surface area (Å²) in [5, 5.41) is 10.7. The first-order valence-corrected chi connectivity index (χ1v) is 8.95. The fourth-order valence-electron chi connectivity index (χ4n) is 3.05. The van der Waals surface area contributed by atoms with E-state index < -0.39 is 0 Å². The van der Waals surface area contributed by atoms with Gasteiger partial charge >= 0.3 is 0 Å². The highest BCUT2D eigenvalue weighted by atomic mass is 79.9. The number of fused-ring (bicyclic) bond motifs is 3. The number of hydrogen-bond donors (Lipinski definition) is 2. The summed E-state index contributed by atoms with van der Waals surface area (Å²) < 4.78 is 14.3. The van der Waals surface area contributed by atoms with Crippen molar-refractivity contribution >= 4 is 28.1 Å². The highest BCUT2D eigenvalue weighted by Crippen LogP contribution is 2.34. The van der Waals surface area contributed by atoms with E-state index in [2.05, 4.69) is 30.8 Å². The highest BCUT2D eigenvalue weighted by molar-refractivity contribution is 9.10. The van der Waals surface area contributed by atoms with Gasteiger partial charge in [0.2, 0.25) is 0 Å². The summed E-state index contributed by atoms with van der Waals surface area (Å²) in [6.45, 7) is 2.68. The van der Waals surface area contributed by atoms with Gasteiger partial charge in [0.15, 0.2) is 5.84 Å². The zero-order valence-corrected chi connectivity index (χ0v) is 15.1. The van der Waals surface area contributed by atoms with Crippen LogP contribution in [0.5, 0.6) is 5.75 Å². The summed E-state index contributed by atoms with van der Waals surface area (Å²) in [6, 6.07) is 6.14. The van der Waals surface area contributed by atoms with Gasteiger partial charge in [0.1, 0.15) is 30.2 Å². The number of benzene rings is 1. The minimum Gasteiger partial charge on any atom is -0.491 e. The number of amidine groups is 1. The molecule has 0 aliphatic carbocycles. The first-order valence-electron chi connectivity index (χ1n) is 8.16. The molecule has 2 aliphatic heterocycles. The zero-order chi connectivity index (χ0) is 17.2. The molecule has 7 nitrogen and oxygen atoms in total. The molecule has 1 atom stereocenters. The van der Waals surface area contributed by atoms with Crippen LogP contribution >= 0.6 is 15.9 Å². The first kappa shape index (κ1) is 16.3. The van der Waals surface area contributed by atoms with E-state index in [0.29, 0.717) is 25.6 Å². The molecule has 1 fully saturated rings. The molecule has 0 radical (unpaired) electrons. The summed E-state index contributed by atoms with van der Waals surface area (Å²) in [6.07, 6.45) is 3.92. The molecule has 1 aromatic carbocycles. The fourth-order valence-corrected chi connectivity index (χ4v) is 3.39. The number of hydrogen-bond acceptors (Lipinski definition) is 4. The first-order chi connectivity index (χ1) is 12.2. The molecule has 0 spiro atoms. The van der Waals surface area contributed by atoms with E-state index in [1.807, 2.05) is 24.4 Å². The Kier molecular flexibility index (Phi) is 4.54. The van der Waals surface area contributed by atoms with Gasteiger partial charge < -0.3 is 19.4 Å². The van der Waals surface area contributed by atoms with Gasteiger partial charge in [-0.3, -0.25) is 5.41 Å². The van der Waals surface area contributed by atoms with Gasteiger partial charge in [-0.05, 0) is 24.6 Å². The Balaban J connectivity index is 1.71. The molecule has 1 aromatic heterocycles. The third kappa shape index (κ3) is 3.32. The molecule has 0 saturated carbocycles. The Hall–Kier alpha value is -2.19. The number of ether oxygens (including phenoxy) is 2. The van der Waals surface area contributed by atoms with E-state index in [-0.39, 0.29) is 6.04 Å². The zero-order valence-electron chi connectivity index (χ0n) is 13.5. The highest BCUT2D eigenvalue weighted by Gasteiger charge is 2.23. The van der Waals surface area contributed by atoms with E-state index >= 15 is 0 Å². The number of nitrogens with zero attached hydrogens (tertiary/aromatic N) is 3. The van der Waals surface area contributed by atoms with Crippen molar-refractivity contribution in [2.24, 2.45) is 4.99 Å². The lowest BCUT2D eigenvalue weighted by molar-refractivity contribution is 0.192. The third-order valence-electron chi connectivity index (χ3n) is 4.26. The van der Waals surface area contributed by atoms with Crippen LogP contribution in [-0.2, 0) is 11.3 Å². The van der Waals surface area contributed by atoms with Crippen molar-refractivity contribution in [1.82, 2.24) is 14.9 Å². The molecule has 25 heavy (non-hydrogen) atoms. The van der Waals surface area contributed by atoms with E-state index in [1.54, 1.807) is 0 Å². The minimum absolute atomic E-state index is 0.201. The summed E-state index contributed by atoms with van der Waals surface area (Å²) in [5.74, 6) is 2.26. The molecule has 4 rings (SSSR count). The lowest BCUT2D eigenvalue weighted by atomic mass is 10.2. The van der Waals surface area contributed by atoms with Gasteiger partial charge in [-0.25, -0.2) is 9.98 Å². The fraction of sp³-hybridized carbons (Fsp3) is 0.353. The van der Waals surface area contributed by atoms with Crippen LogP contribution in [0.15, 0.2) is 33.9 Å². The molecule has 130 valence electrons. The number of nitrogens with one attached hydrogen (secondary N) is 2. The smallest absolute Gasteiger partial charge is 0.155 e. The molecule has 8 heteroatoms. The molecule has 2 aliphatic rings. The van der Waals surface area contributed by atoms with Gasteiger partial charge in [0, 0.05) is 17.3 Å². The third-order valence-corrected chi connectivity index (χ3v) is 4.75. The number of halogens is 1. The Labute approximate surface area is 153 Å². The molecule has 0 bridgehead atoms. The van der Waals surface area contributed by atoms with Crippen molar-refractivity contribution in [2.75, 3.05) is 19.8 Å². The molecule has 1 unspecified atom stereocenters. The van der Waals surface area contributed by atoms with Crippen LogP contribution in [0, 0.1) is 5.41 Å². The SMILES string of the molecule is N=C/N=C(\NC1CCOC1)c1cn2c(n1)-c1ccc(Br)cc1OCC2. The number of aliphatic imine (C=N–C) groups is 1. The summed E-state index contributed by atoms with van der Waals surface area (Å²) in [5.41, 5.74) is 1.67. The molecule has 0 amide bonds. The van der Waals surface area contributed by atoms with E-state index in [9.17, 15) is 0 Å². The Morgan fingerprint density at radius 3 is 3.16 bits per heavy atom. The maximum absolute atomic E-state index is 7.35. The monoisotopic (exact) mass is 403 g/mol. The standard InChI is InChI=1S/C17H18BrN5O2/c18-11-1-2-13-15(7-11)25-6-4-23-8-14(22-17(13)23)16(20-10-19)21-12-3-5-24-9-12/h1-2,7-8,10,12H,3-6,9H2,(H2,19,20,21). The van der Waals surface area contributed by atoms with Gasteiger partial charge in [-0.2, -0.15) is 0 Å². The van der Waals surface area contributed by atoms with Crippen molar-refractivity contribution in [3.05, 3.63) is 34.6 Å². The molecular weight excluding hydrogens is 386 g/mol. The maximum Gasteiger partial charge on any atom is 0.155 e. The van der Waals surface area contributed by atoms with Crippen molar-refractivity contribution in [3.8, 4) is 17.1 Å². The van der Waals surface area contributed by atoms with Gasteiger partial charge in [0.05, 0.1) is 24.8 Å². The molecule has 3 heterocycles. The number of aromatic nitrogens is 2. The van der Waals surface area contributed by atoms with Gasteiger partial charge in [-0.1, -0.05) is 15.9 Å². The molecule has 1 saturated heterocycles. The minimum atomic E-state index is 0.201. The Morgan fingerprint density at radius 1 is 1.44 bits per heavy atom. The summed E-state index contributed by atoms with van der Waals surface area (Å²) in [7, 11) is 0. The van der Waals surface area contributed by atoms with Gasteiger partial charge in [-0.15, -0.1) is 0 Å². The number of rotatable bonds is 3. The lowest BCUT2D eigenvalue weighted by Gasteiger charge is -2.12. The van der Waals surface area contributed by atoms with Gasteiger partial charge in [0.25, 0.3) is 0 Å². The second-order valence-electron chi connectivity index (χ2n) is 5.94. The van der Waals surface area contributed by atoms with E-state index in [4.69, 9.17) is 19.9 Å². The van der Waals surface area contributed by atoms with Crippen molar-refractivity contribution in [1.29, 1.82) is 5.41 Å². The van der Waals surface area contributed by atoms with Crippen molar-refractivity contribution in [3.63, 3.8) is 0 Å². The van der Waals surface area contributed by atoms with E-state index in [1.165, 1.54) is 0 Å². The summed E-state index contributed by atoms with van der Waals surface area (Å²) in [4.78, 5) is 8.94. The predicted molar refractivity (Wildman–Crippen MR) is 98.5 cm³/mol.